The molecule has 2 aromatic carbocycles. The van der Waals surface area contributed by atoms with E-state index in [2.05, 4.69) is 4.98 Å². The van der Waals surface area contributed by atoms with Crippen molar-refractivity contribution in [3.63, 3.8) is 0 Å². The summed E-state index contributed by atoms with van der Waals surface area (Å²) in [6, 6.07) is 18.7. The second-order valence-corrected chi connectivity index (χ2v) is 6.59. The van der Waals surface area contributed by atoms with Crippen molar-refractivity contribution in [2.75, 3.05) is 13.2 Å². The van der Waals surface area contributed by atoms with Crippen LogP contribution >= 0.6 is 0 Å². The van der Waals surface area contributed by atoms with Gasteiger partial charge < -0.3 is 9.64 Å². The number of nitrogens with zero attached hydrogens (tertiary/aromatic N) is 3. The maximum Gasteiger partial charge on any atom is 0.254 e. The zero-order chi connectivity index (χ0) is 20.6. The van der Waals surface area contributed by atoms with Crippen LogP contribution in [0.25, 0.3) is 11.3 Å². The smallest absolute Gasteiger partial charge is 0.254 e. The number of carbonyl (C=O) groups is 1. The fraction of sp³-hybridized carbons (Fsp3) is 0.261. The molecule has 3 rings (SSSR count). The van der Waals surface area contributed by atoms with E-state index in [1.807, 2.05) is 68.4 Å². The molecule has 29 heavy (non-hydrogen) atoms. The lowest BCUT2D eigenvalue weighted by molar-refractivity contribution is -0.132. The van der Waals surface area contributed by atoms with Gasteiger partial charge in [-0.05, 0) is 43.7 Å². The van der Waals surface area contributed by atoms with E-state index in [1.54, 1.807) is 4.90 Å². The first-order chi connectivity index (χ1) is 14.1. The summed E-state index contributed by atoms with van der Waals surface area (Å²) in [5.41, 5.74) is 2.19. The molecule has 0 bridgehead atoms. The molecule has 0 unspecified atom stereocenters. The molecule has 1 aromatic heterocycles. The monoisotopic (exact) mass is 391 g/mol. The van der Waals surface area contributed by atoms with E-state index in [1.165, 1.54) is 17.0 Å². The van der Waals surface area contributed by atoms with Crippen LogP contribution in [0.1, 0.15) is 19.4 Å². The third-order valence-electron chi connectivity index (χ3n) is 4.60. The topological polar surface area (TPSA) is 64.4 Å². The number of ether oxygens (including phenoxy) is 1. The quantitative estimate of drug-likeness (QED) is 0.591. The van der Waals surface area contributed by atoms with Gasteiger partial charge in [-0.1, -0.05) is 30.3 Å². The maximum absolute atomic E-state index is 12.7. The minimum Gasteiger partial charge on any atom is -0.494 e. The third kappa shape index (κ3) is 5.31. The van der Waals surface area contributed by atoms with E-state index < -0.39 is 0 Å². The molecule has 0 spiro atoms. The molecule has 1 heterocycles. The fourth-order valence-electron chi connectivity index (χ4n) is 3.02. The van der Waals surface area contributed by atoms with Crippen molar-refractivity contribution in [1.82, 2.24) is 14.5 Å². The first-order valence-corrected chi connectivity index (χ1v) is 9.72. The molecule has 6 nitrogen and oxygen atoms in total. The van der Waals surface area contributed by atoms with Crippen molar-refractivity contribution < 1.29 is 9.53 Å². The SMILES string of the molecule is CCOc1ccc(-c2cc(=O)n(CC(=O)N(CC)Cc3ccccc3)cn2)cc1. The van der Waals surface area contributed by atoms with Crippen molar-refractivity contribution in [3.8, 4) is 17.0 Å². The third-order valence-corrected chi connectivity index (χ3v) is 4.60. The van der Waals surface area contributed by atoms with Gasteiger partial charge in [0.15, 0.2) is 0 Å². The van der Waals surface area contributed by atoms with Gasteiger partial charge in [0.2, 0.25) is 5.91 Å². The number of carbonyl (C=O) groups excluding carboxylic acids is 1. The van der Waals surface area contributed by atoms with Gasteiger partial charge in [-0.2, -0.15) is 0 Å². The van der Waals surface area contributed by atoms with Gasteiger partial charge in [0, 0.05) is 24.7 Å². The summed E-state index contributed by atoms with van der Waals surface area (Å²) in [5.74, 6) is 0.655. The van der Waals surface area contributed by atoms with Crippen molar-refractivity contribution in [2.24, 2.45) is 0 Å². The summed E-state index contributed by atoms with van der Waals surface area (Å²) < 4.78 is 6.77. The van der Waals surface area contributed by atoms with E-state index in [9.17, 15) is 9.59 Å². The molecule has 0 saturated heterocycles. The lowest BCUT2D eigenvalue weighted by Gasteiger charge is -2.21. The van der Waals surface area contributed by atoms with Crippen LogP contribution in [0, 0.1) is 0 Å². The van der Waals surface area contributed by atoms with Crippen molar-refractivity contribution in [1.29, 1.82) is 0 Å². The van der Waals surface area contributed by atoms with Crippen LogP contribution in [-0.2, 0) is 17.9 Å². The summed E-state index contributed by atoms with van der Waals surface area (Å²) in [7, 11) is 0. The highest BCUT2D eigenvalue weighted by Crippen LogP contribution is 2.19. The first-order valence-electron chi connectivity index (χ1n) is 9.72. The van der Waals surface area contributed by atoms with Crippen molar-refractivity contribution >= 4 is 5.91 Å². The van der Waals surface area contributed by atoms with Crippen LogP contribution in [-0.4, -0.2) is 33.5 Å². The highest BCUT2D eigenvalue weighted by atomic mass is 16.5. The number of aromatic nitrogens is 2. The molecule has 0 N–H and O–H groups in total. The van der Waals surface area contributed by atoms with Crippen molar-refractivity contribution in [3.05, 3.63) is 82.9 Å². The number of hydrogen-bond acceptors (Lipinski definition) is 4. The highest BCUT2D eigenvalue weighted by molar-refractivity contribution is 5.76. The van der Waals surface area contributed by atoms with Gasteiger partial charge in [0.1, 0.15) is 12.3 Å². The van der Waals surface area contributed by atoms with Crippen LogP contribution in [0.2, 0.25) is 0 Å². The highest BCUT2D eigenvalue weighted by Gasteiger charge is 2.14. The lowest BCUT2D eigenvalue weighted by atomic mass is 10.1. The van der Waals surface area contributed by atoms with Gasteiger partial charge in [0.05, 0.1) is 18.6 Å². The second-order valence-electron chi connectivity index (χ2n) is 6.59. The van der Waals surface area contributed by atoms with E-state index in [0.29, 0.717) is 25.4 Å². The predicted octanol–water partition coefficient (Wildman–Crippen LogP) is 3.36. The van der Waals surface area contributed by atoms with Gasteiger partial charge >= 0.3 is 0 Å². The maximum atomic E-state index is 12.7. The predicted molar refractivity (Wildman–Crippen MR) is 113 cm³/mol. The Labute approximate surface area is 170 Å². The molecular formula is C23H25N3O3. The molecule has 1 amide bonds. The van der Waals surface area contributed by atoms with E-state index >= 15 is 0 Å². The van der Waals surface area contributed by atoms with Crippen LogP contribution in [0.3, 0.4) is 0 Å². The second kappa shape index (κ2) is 9.68. The Morgan fingerprint density at radius 2 is 1.79 bits per heavy atom. The molecule has 0 aliphatic heterocycles. The molecule has 0 aliphatic carbocycles. The van der Waals surface area contributed by atoms with Gasteiger partial charge in [-0.25, -0.2) is 4.98 Å². The van der Waals surface area contributed by atoms with Crippen LogP contribution in [0.15, 0.2) is 71.8 Å². The Hall–Kier alpha value is -3.41. The van der Waals surface area contributed by atoms with E-state index in [4.69, 9.17) is 4.74 Å². The van der Waals surface area contributed by atoms with Crippen LogP contribution in [0.5, 0.6) is 5.75 Å². The number of rotatable bonds is 8. The Morgan fingerprint density at radius 3 is 2.41 bits per heavy atom. The molecule has 0 aliphatic rings. The summed E-state index contributed by atoms with van der Waals surface area (Å²) in [4.78, 5) is 31.3. The first kappa shape index (κ1) is 20.3. The molecule has 0 fully saturated rings. The van der Waals surface area contributed by atoms with Gasteiger partial charge in [-0.15, -0.1) is 0 Å². The normalized spacial score (nSPS) is 10.6. The summed E-state index contributed by atoms with van der Waals surface area (Å²) in [5, 5.41) is 0. The van der Waals surface area contributed by atoms with Crippen LogP contribution < -0.4 is 10.3 Å². The minimum absolute atomic E-state index is 0.0317. The minimum atomic E-state index is -0.256. The Morgan fingerprint density at radius 1 is 1.07 bits per heavy atom. The zero-order valence-corrected chi connectivity index (χ0v) is 16.7. The Kier molecular flexibility index (Phi) is 6.79. The number of likely N-dealkylation sites (N-methyl/N-ethyl adjacent to an activating group) is 1. The average Bonchev–Trinajstić information content (AvgIpc) is 2.75. The van der Waals surface area contributed by atoms with Crippen molar-refractivity contribution in [2.45, 2.75) is 26.9 Å². The Balaban J connectivity index is 1.71. The van der Waals surface area contributed by atoms with Gasteiger partial charge in [-0.3, -0.25) is 14.2 Å². The zero-order valence-electron chi connectivity index (χ0n) is 16.7. The molecular weight excluding hydrogens is 366 g/mol. The van der Waals surface area contributed by atoms with Crippen LogP contribution in [0.4, 0.5) is 0 Å². The van der Waals surface area contributed by atoms with Gasteiger partial charge in [0.25, 0.3) is 5.56 Å². The average molecular weight is 391 g/mol. The van der Waals surface area contributed by atoms with E-state index in [-0.39, 0.29) is 18.0 Å². The van der Waals surface area contributed by atoms with E-state index in [0.717, 1.165) is 16.9 Å². The summed E-state index contributed by atoms with van der Waals surface area (Å²) >= 11 is 0. The molecule has 150 valence electrons. The summed E-state index contributed by atoms with van der Waals surface area (Å²) in [6.07, 6.45) is 1.43. The number of amides is 1. The molecule has 6 heteroatoms. The Bertz CT molecular complexity index is 998. The number of benzene rings is 2. The largest absolute Gasteiger partial charge is 0.494 e. The fourth-order valence-corrected chi connectivity index (χ4v) is 3.02. The molecule has 3 aromatic rings. The standard InChI is InChI=1S/C23H25N3O3/c1-3-25(15-18-8-6-5-7-9-18)23(28)16-26-17-24-21(14-22(26)27)19-10-12-20(13-11-19)29-4-2/h5-14,17H,3-4,15-16H2,1-2H3. The molecule has 0 saturated carbocycles. The lowest BCUT2D eigenvalue weighted by Crippen LogP contribution is -2.36. The number of hydrogen-bond donors (Lipinski definition) is 0. The summed E-state index contributed by atoms with van der Waals surface area (Å²) in [6.45, 7) is 5.51. The molecule has 0 atom stereocenters. The molecule has 0 radical (unpaired) electrons.